The van der Waals surface area contributed by atoms with Crippen molar-refractivity contribution in [3.05, 3.63) is 56.2 Å². The first kappa shape index (κ1) is 19.8. The third kappa shape index (κ3) is 4.87. The van der Waals surface area contributed by atoms with Gasteiger partial charge in [-0.25, -0.2) is 4.79 Å². The largest absolute Gasteiger partial charge is 0.497 e. The van der Waals surface area contributed by atoms with Gasteiger partial charge in [0.15, 0.2) is 0 Å². The van der Waals surface area contributed by atoms with Crippen molar-refractivity contribution in [3.8, 4) is 11.6 Å². The van der Waals surface area contributed by atoms with Gasteiger partial charge in [0.1, 0.15) is 11.3 Å². The summed E-state index contributed by atoms with van der Waals surface area (Å²) in [6.45, 7) is 5.26. The number of methoxy groups -OCH3 is 1. The maximum absolute atomic E-state index is 12.1. The molecule has 1 aliphatic rings. The fourth-order valence-electron chi connectivity index (χ4n) is 3.04. The Morgan fingerprint density at radius 3 is 2.61 bits per heavy atom. The highest BCUT2D eigenvalue weighted by Gasteiger charge is 2.13. The Balaban J connectivity index is 1.74. The van der Waals surface area contributed by atoms with E-state index in [4.69, 9.17) is 4.74 Å². The number of ether oxygens (including phenoxy) is 1. The molecule has 1 saturated heterocycles. The van der Waals surface area contributed by atoms with Crippen LogP contribution in [0.5, 0.6) is 11.6 Å². The second-order valence-electron chi connectivity index (χ2n) is 6.56. The van der Waals surface area contributed by atoms with Crippen LogP contribution in [0.4, 0.5) is 0 Å². The normalized spacial score (nSPS) is 15.2. The average molecular weight is 387 g/mol. The summed E-state index contributed by atoms with van der Waals surface area (Å²) in [4.78, 5) is 33.0. The molecule has 3 N–H and O–H groups in total. The zero-order chi connectivity index (χ0) is 19.9. The lowest BCUT2D eigenvalue weighted by Gasteiger charge is -2.26. The van der Waals surface area contributed by atoms with Crippen molar-refractivity contribution in [2.24, 2.45) is 4.99 Å². The Labute approximate surface area is 162 Å². The predicted molar refractivity (Wildman–Crippen MR) is 107 cm³/mol. The minimum Gasteiger partial charge on any atom is -0.497 e. The van der Waals surface area contributed by atoms with Crippen LogP contribution in [0.15, 0.2) is 38.8 Å². The third-order valence-electron chi connectivity index (χ3n) is 4.68. The summed E-state index contributed by atoms with van der Waals surface area (Å²) in [6, 6.07) is 7.11. The van der Waals surface area contributed by atoms with Crippen LogP contribution >= 0.6 is 0 Å². The fraction of sp³-hybridized carbons (Fsp3) is 0.421. The van der Waals surface area contributed by atoms with E-state index >= 15 is 0 Å². The maximum Gasteiger partial charge on any atom is 0.331 e. The topological polar surface area (TPSA) is 112 Å². The molecule has 0 atom stereocenters. The summed E-state index contributed by atoms with van der Waals surface area (Å²) in [5, 5.41) is 13.8. The van der Waals surface area contributed by atoms with Gasteiger partial charge in [0.05, 0.1) is 20.2 Å². The number of benzene rings is 1. The number of hydrogen-bond donors (Lipinski definition) is 3. The highest BCUT2D eigenvalue weighted by atomic mass is 16.5. The Kier molecular flexibility index (Phi) is 6.62. The molecule has 150 valence electrons. The van der Waals surface area contributed by atoms with Gasteiger partial charge in [0.2, 0.25) is 5.88 Å². The van der Waals surface area contributed by atoms with Crippen molar-refractivity contribution >= 4 is 6.21 Å². The summed E-state index contributed by atoms with van der Waals surface area (Å²) < 4.78 is 6.22. The van der Waals surface area contributed by atoms with Crippen LogP contribution in [0.2, 0.25) is 0 Å². The molecule has 2 heterocycles. The number of hydrogen-bond acceptors (Lipinski definition) is 7. The Hall–Kier alpha value is -2.91. The second kappa shape index (κ2) is 9.34. The van der Waals surface area contributed by atoms with Crippen molar-refractivity contribution in [1.82, 2.24) is 19.8 Å². The zero-order valence-corrected chi connectivity index (χ0v) is 15.9. The number of aromatic nitrogens is 2. The van der Waals surface area contributed by atoms with Crippen molar-refractivity contribution in [1.29, 1.82) is 0 Å². The third-order valence-corrected chi connectivity index (χ3v) is 4.68. The van der Waals surface area contributed by atoms with Crippen molar-refractivity contribution in [3.63, 3.8) is 0 Å². The molecule has 2 aromatic rings. The standard InChI is InChI=1S/C19H25N5O4/c1-28-15-4-2-14(3-5-15)13-24-18(26)16(17(25)22-19(24)27)12-21-8-11-23-9-6-20-7-10-23/h2-5,12,20,26H,6-11,13H2,1H3,(H,22,25,27). The number of nitrogens with zero attached hydrogens (tertiary/aromatic N) is 3. The van der Waals surface area contributed by atoms with Crippen LogP contribution in [0, 0.1) is 0 Å². The molecule has 1 aromatic carbocycles. The van der Waals surface area contributed by atoms with Crippen molar-refractivity contribution < 1.29 is 9.84 Å². The summed E-state index contributed by atoms with van der Waals surface area (Å²) in [5.41, 5.74) is -0.559. The summed E-state index contributed by atoms with van der Waals surface area (Å²) in [5.74, 6) is 0.301. The number of aromatic amines is 1. The van der Waals surface area contributed by atoms with E-state index in [1.54, 1.807) is 31.4 Å². The Morgan fingerprint density at radius 1 is 1.21 bits per heavy atom. The molecule has 1 aliphatic heterocycles. The quantitative estimate of drug-likeness (QED) is 0.559. The van der Waals surface area contributed by atoms with Gasteiger partial charge >= 0.3 is 5.69 Å². The van der Waals surface area contributed by atoms with E-state index < -0.39 is 17.1 Å². The van der Waals surface area contributed by atoms with Gasteiger partial charge in [-0.1, -0.05) is 12.1 Å². The maximum atomic E-state index is 12.1. The van der Waals surface area contributed by atoms with Crippen molar-refractivity contribution in [2.45, 2.75) is 6.54 Å². The minimum atomic E-state index is -0.670. The Bertz CT molecular complexity index is 927. The number of H-pyrrole nitrogens is 1. The first-order valence-corrected chi connectivity index (χ1v) is 9.20. The molecule has 28 heavy (non-hydrogen) atoms. The van der Waals surface area contributed by atoms with E-state index in [0.717, 1.165) is 42.9 Å². The average Bonchev–Trinajstić information content (AvgIpc) is 2.71. The number of rotatable bonds is 7. The van der Waals surface area contributed by atoms with Gasteiger partial charge in [0.25, 0.3) is 5.56 Å². The van der Waals surface area contributed by atoms with Crippen LogP contribution in [0.3, 0.4) is 0 Å². The minimum absolute atomic E-state index is 0.0200. The molecular formula is C19H25N5O4. The molecule has 0 radical (unpaired) electrons. The molecule has 3 rings (SSSR count). The van der Waals surface area contributed by atoms with Gasteiger partial charge in [-0.3, -0.25) is 24.2 Å². The highest BCUT2D eigenvalue weighted by molar-refractivity contribution is 5.81. The molecule has 0 spiro atoms. The van der Waals surface area contributed by atoms with Crippen LogP contribution < -0.4 is 21.3 Å². The molecule has 9 nitrogen and oxygen atoms in total. The van der Waals surface area contributed by atoms with E-state index in [0.29, 0.717) is 12.3 Å². The molecule has 9 heteroatoms. The molecule has 1 aromatic heterocycles. The van der Waals surface area contributed by atoms with E-state index in [9.17, 15) is 14.7 Å². The van der Waals surface area contributed by atoms with E-state index in [1.807, 2.05) is 0 Å². The smallest absolute Gasteiger partial charge is 0.331 e. The lowest BCUT2D eigenvalue weighted by atomic mass is 10.2. The fourth-order valence-corrected chi connectivity index (χ4v) is 3.04. The monoisotopic (exact) mass is 387 g/mol. The van der Waals surface area contributed by atoms with E-state index in [-0.39, 0.29) is 12.1 Å². The van der Waals surface area contributed by atoms with Crippen LogP contribution in [-0.2, 0) is 6.54 Å². The highest BCUT2D eigenvalue weighted by Crippen LogP contribution is 2.14. The number of piperazine rings is 1. The summed E-state index contributed by atoms with van der Waals surface area (Å²) >= 11 is 0. The lowest BCUT2D eigenvalue weighted by Crippen LogP contribution is -2.44. The molecular weight excluding hydrogens is 362 g/mol. The number of nitrogens with one attached hydrogen (secondary N) is 2. The van der Waals surface area contributed by atoms with Crippen LogP contribution in [-0.4, -0.2) is 72.2 Å². The van der Waals surface area contributed by atoms with Gasteiger partial charge in [-0.2, -0.15) is 0 Å². The number of aliphatic imine (C=N–C) groups is 1. The van der Waals surface area contributed by atoms with Gasteiger partial charge in [0, 0.05) is 38.9 Å². The molecule has 0 amide bonds. The first-order chi connectivity index (χ1) is 13.6. The SMILES string of the molecule is COc1ccc(Cn2c(O)c(C=NCCN3CCNCC3)c(=O)[nH]c2=O)cc1. The summed E-state index contributed by atoms with van der Waals surface area (Å²) in [6.07, 6.45) is 1.33. The van der Waals surface area contributed by atoms with Crippen LogP contribution in [0.25, 0.3) is 0 Å². The molecule has 0 bridgehead atoms. The Morgan fingerprint density at radius 2 is 1.93 bits per heavy atom. The molecule has 0 saturated carbocycles. The van der Waals surface area contributed by atoms with E-state index in [1.165, 1.54) is 6.21 Å². The van der Waals surface area contributed by atoms with Gasteiger partial charge in [-0.05, 0) is 17.7 Å². The number of aromatic hydroxyl groups is 1. The first-order valence-electron chi connectivity index (χ1n) is 9.20. The summed E-state index contributed by atoms with van der Waals surface area (Å²) in [7, 11) is 1.57. The van der Waals surface area contributed by atoms with Crippen LogP contribution in [0.1, 0.15) is 11.1 Å². The van der Waals surface area contributed by atoms with Gasteiger partial charge in [-0.15, -0.1) is 0 Å². The zero-order valence-electron chi connectivity index (χ0n) is 15.9. The van der Waals surface area contributed by atoms with Gasteiger partial charge < -0.3 is 15.2 Å². The molecule has 0 aliphatic carbocycles. The predicted octanol–water partition coefficient (Wildman–Crippen LogP) is -0.377. The van der Waals surface area contributed by atoms with E-state index in [2.05, 4.69) is 20.2 Å². The molecule has 1 fully saturated rings. The van der Waals surface area contributed by atoms with Crippen molar-refractivity contribution in [2.75, 3.05) is 46.4 Å². The lowest BCUT2D eigenvalue weighted by molar-refractivity contribution is 0.248. The second-order valence-corrected chi connectivity index (χ2v) is 6.56. The molecule has 0 unspecified atom stereocenters.